The number of nitrogens with zero attached hydrogens (tertiary/aromatic N) is 1. The van der Waals surface area contributed by atoms with E-state index in [0.717, 1.165) is 12.8 Å². The first-order chi connectivity index (χ1) is 7.84. The van der Waals surface area contributed by atoms with Crippen molar-refractivity contribution in [3.8, 4) is 0 Å². The molecule has 0 N–H and O–H groups in total. The van der Waals surface area contributed by atoms with Crippen molar-refractivity contribution in [2.45, 2.75) is 44.2 Å². The molecule has 0 aliphatic carbocycles. The largest absolute Gasteiger partial charge is 0.365 e. The Morgan fingerprint density at radius 1 is 1.00 bits per heavy atom. The molecule has 2 aliphatic heterocycles. The van der Waals surface area contributed by atoms with Gasteiger partial charge in [0.15, 0.2) is 0 Å². The lowest BCUT2D eigenvalue weighted by molar-refractivity contribution is -0.121. The van der Waals surface area contributed by atoms with Crippen molar-refractivity contribution in [2.75, 3.05) is 4.90 Å². The monoisotopic (exact) mass is 215 g/mol. The van der Waals surface area contributed by atoms with Crippen molar-refractivity contribution in [1.29, 1.82) is 0 Å². The Morgan fingerprint density at radius 3 is 2.25 bits per heavy atom. The molecule has 2 aliphatic rings. The summed E-state index contributed by atoms with van der Waals surface area (Å²) >= 11 is 0. The van der Waals surface area contributed by atoms with Crippen molar-refractivity contribution in [1.82, 2.24) is 0 Å². The molecule has 2 fully saturated rings. The molecule has 0 amide bonds. The van der Waals surface area contributed by atoms with Gasteiger partial charge in [-0.15, -0.1) is 0 Å². The SMILES string of the molecule is O=C1CC2CCCC(C1)N2c1ccccc1. The zero-order valence-corrected chi connectivity index (χ0v) is 9.43. The summed E-state index contributed by atoms with van der Waals surface area (Å²) in [5.41, 5.74) is 1.30. The van der Waals surface area contributed by atoms with Crippen molar-refractivity contribution in [3.05, 3.63) is 30.3 Å². The van der Waals surface area contributed by atoms with E-state index in [1.807, 2.05) is 6.07 Å². The van der Waals surface area contributed by atoms with Gasteiger partial charge in [-0.1, -0.05) is 18.2 Å². The van der Waals surface area contributed by atoms with Gasteiger partial charge in [0, 0.05) is 30.6 Å². The molecule has 0 spiro atoms. The minimum atomic E-state index is 0.460. The lowest BCUT2D eigenvalue weighted by Gasteiger charge is -2.47. The Kier molecular flexibility index (Phi) is 2.43. The van der Waals surface area contributed by atoms with E-state index in [1.165, 1.54) is 24.9 Å². The van der Waals surface area contributed by atoms with Crippen LogP contribution in [0.15, 0.2) is 30.3 Å². The number of piperidine rings is 2. The van der Waals surface area contributed by atoms with Crippen molar-refractivity contribution in [3.63, 3.8) is 0 Å². The van der Waals surface area contributed by atoms with E-state index in [0.29, 0.717) is 17.9 Å². The second-order valence-corrected chi connectivity index (χ2v) is 4.93. The van der Waals surface area contributed by atoms with Crippen LogP contribution in [-0.4, -0.2) is 17.9 Å². The highest BCUT2D eigenvalue weighted by molar-refractivity contribution is 5.82. The van der Waals surface area contributed by atoms with Gasteiger partial charge in [0.05, 0.1) is 0 Å². The third-order valence-corrected chi connectivity index (χ3v) is 3.84. The summed E-state index contributed by atoms with van der Waals surface area (Å²) in [4.78, 5) is 14.1. The van der Waals surface area contributed by atoms with Crippen molar-refractivity contribution >= 4 is 11.5 Å². The summed E-state index contributed by atoms with van der Waals surface area (Å²) in [6, 6.07) is 11.5. The number of rotatable bonds is 1. The highest BCUT2D eigenvalue weighted by atomic mass is 16.1. The summed E-state index contributed by atoms with van der Waals surface area (Å²) in [7, 11) is 0. The van der Waals surface area contributed by atoms with Crippen LogP contribution in [0.2, 0.25) is 0 Å². The Labute approximate surface area is 96.3 Å². The molecule has 1 aromatic rings. The van der Waals surface area contributed by atoms with Crippen LogP contribution in [0.5, 0.6) is 0 Å². The molecule has 2 heteroatoms. The number of anilines is 1. The van der Waals surface area contributed by atoms with Gasteiger partial charge in [-0.3, -0.25) is 4.79 Å². The van der Waals surface area contributed by atoms with Gasteiger partial charge >= 0.3 is 0 Å². The summed E-state index contributed by atoms with van der Waals surface area (Å²) in [6.45, 7) is 0. The van der Waals surface area contributed by atoms with Crippen LogP contribution in [-0.2, 0) is 4.79 Å². The number of benzene rings is 1. The first-order valence-corrected chi connectivity index (χ1v) is 6.19. The maximum atomic E-state index is 11.6. The fourth-order valence-electron chi connectivity index (χ4n) is 3.20. The third-order valence-electron chi connectivity index (χ3n) is 3.84. The van der Waals surface area contributed by atoms with Crippen LogP contribution in [0.1, 0.15) is 32.1 Å². The molecule has 0 saturated carbocycles. The zero-order chi connectivity index (χ0) is 11.0. The molecule has 2 nitrogen and oxygen atoms in total. The average Bonchev–Trinajstić information content (AvgIpc) is 2.29. The maximum Gasteiger partial charge on any atom is 0.137 e. The number of carbonyl (C=O) groups excluding carboxylic acids is 1. The molecule has 2 unspecified atom stereocenters. The second-order valence-electron chi connectivity index (χ2n) is 4.93. The molecule has 1 aromatic carbocycles. The minimum absolute atomic E-state index is 0.460. The molecule has 0 aromatic heterocycles. The normalized spacial score (nSPS) is 29.2. The molecule has 2 atom stereocenters. The maximum absolute atomic E-state index is 11.6. The zero-order valence-electron chi connectivity index (χ0n) is 9.43. The van der Waals surface area contributed by atoms with Crippen molar-refractivity contribution in [2.24, 2.45) is 0 Å². The summed E-state index contributed by atoms with van der Waals surface area (Å²) in [5, 5.41) is 0. The predicted molar refractivity (Wildman–Crippen MR) is 64.6 cm³/mol. The molecule has 16 heavy (non-hydrogen) atoms. The number of fused-ring (bicyclic) bond motifs is 2. The van der Waals surface area contributed by atoms with E-state index < -0.39 is 0 Å². The molecule has 3 rings (SSSR count). The topological polar surface area (TPSA) is 20.3 Å². The minimum Gasteiger partial charge on any atom is -0.365 e. The van der Waals surface area contributed by atoms with E-state index in [2.05, 4.69) is 29.2 Å². The van der Waals surface area contributed by atoms with Crippen LogP contribution >= 0.6 is 0 Å². The first-order valence-electron chi connectivity index (χ1n) is 6.19. The molecular formula is C14H17NO. The number of hydrogen-bond acceptors (Lipinski definition) is 2. The van der Waals surface area contributed by atoms with Crippen molar-refractivity contribution < 1.29 is 4.79 Å². The predicted octanol–water partition coefficient (Wildman–Crippen LogP) is 2.78. The van der Waals surface area contributed by atoms with Gasteiger partial charge in [0.1, 0.15) is 5.78 Å². The van der Waals surface area contributed by atoms with Gasteiger partial charge in [0.25, 0.3) is 0 Å². The molecule has 0 radical (unpaired) electrons. The van der Waals surface area contributed by atoms with Gasteiger partial charge in [-0.2, -0.15) is 0 Å². The fourth-order valence-corrected chi connectivity index (χ4v) is 3.20. The van der Waals surface area contributed by atoms with Gasteiger partial charge < -0.3 is 4.90 Å². The number of hydrogen-bond donors (Lipinski definition) is 0. The highest BCUT2D eigenvalue weighted by Crippen LogP contribution is 2.35. The first kappa shape index (κ1) is 9.88. The Morgan fingerprint density at radius 2 is 1.62 bits per heavy atom. The second kappa shape index (κ2) is 3.93. The number of ketones is 1. The number of para-hydroxylation sites is 1. The summed E-state index contributed by atoms with van der Waals surface area (Å²) in [5.74, 6) is 0.460. The van der Waals surface area contributed by atoms with Crippen LogP contribution < -0.4 is 4.90 Å². The summed E-state index contributed by atoms with van der Waals surface area (Å²) < 4.78 is 0. The summed E-state index contributed by atoms with van der Waals surface area (Å²) in [6.07, 6.45) is 5.15. The van der Waals surface area contributed by atoms with Crippen LogP contribution in [0.25, 0.3) is 0 Å². The smallest absolute Gasteiger partial charge is 0.137 e. The standard InChI is InChI=1S/C14H17NO/c16-14-9-12-7-4-8-13(10-14)15(12)11-5-2-1-3-6-11/h1-3,5-6,12-13H,4,7-10H2. The van der Waals surface area contributed by atoms with E-state index >= 15 is 0 Å². The highest BCUT2D eigenvalue weighted by Gasteiger charge is 2.37. The van der Waals surface area contributed by atoms with E-state index in [9.17, 15) is 4.79 Å². The fraction of sp³-hybridized carbons (Fsp3) is 0.500. The molecular weight excluding hydrogens is 198 g/mol. The van der Waals surface area contributed by atoms with Crippen LogP contribution in [0.4, 0.5) is 5.69 Å². The lowest BCUT2D eigenvalue weighted by Crippen LogP contribution is -2.52. The number of Topliss-reactive ketones (excluding diaryl/α,β-unsaturated/α-hetero) is 1. The number of carbonyl (C=O) groups is 1. The Hall–Kier alpha value is -1.31. The van der Waals surface area contributed by atoms with E-state index in [-0.39, 0.29) is 0 Å². The van der Waals surface area contributed by atoms with Gasteiger partial charge in [-0.05, 0) is 31.4 Å². The quantitative estimate of drug-likeness (QED) is 0.718. The third kappa shape index (κ3) is 1.62. The molecule has 2 saturated heterocycles. The van der Waals surface area contributed by atoms with Gasteiger partial charge in [0.2, 0.25) is 0 Å². The molecule has 2 bridgehead atoms. The van der Waals surface area contributed by atoms with Gasteiger partial charge in [-0.25, -0.2) is 0 Å². The molecule has 2 heterocycles. The average molecular weight is 215 g/mol. The lowest BCUT2D eigenvalue weighted by atomic mass is 9.83. The van der Waals surface area contributed by atoms with Crippen LogP contribution in [0, 0.1) is 0 Å². The molecule has 84 valence electrons. The van der Waals surface area contributed by atoms with E-state index in [4.69, 9.17) is 0 Å². The van der Waals surface area contributed by atoms with Crippen LogP contribution in [0.3, 0.4) is 0 Å². The Bertz CT molecular complexity index is 371. The van der Waals surface area contributed by atoms with E-state index in [1.54, 1.807) is 0 Å². The Balaban J connectivity index is 1.92.